The third-order valence-electron chi connectivity index (χ3n) is 5.15. The van der Waals surface area contributed by atoms with Crippen LogP contribution in [0.25, 0.3) is 0 Å². The number of allylic oxidation sites excluding steroid dienone is 2. The van der Waals surface area contributed by atoms with Crippen LogP contribution in [0.2, 0.25) is 0 Å². The van der Waals surface area contributed by atoms with Crippen LogP contribution in [0.5, 0.6) is 5.75 Å². The molecule has 1 aromatic rings. The Kier molecular flexibility index (Phi) is 15.4. The molecule has 0 saturated heterocycles. The SMILES string of the molecule is C=CCCC(CCC=C)OCCCCCCCCCCOc1ccc(C(=O)O)cc1. The summed E-state index contributed by atoms with van der Waals surface area (Å²) in [6.45, 7) is 9.14. The molecule has 0 bridgehead atoms. The van der Waals surface area contributed by atoms with E-state index >= 15 is 0 Å². The van der Waals surface area contributed by atoms with Crippen LogP contribution in [0, 0.1) is 0 Å². The van der Waals surface area contributed by atoms with E-state index in [2.05, 4.69) is 13.2 Å². The zero-order valence-electron chi connectivity index (χ0n) is 18.5. The molecule has 0 aromatic heterocycles. The lowest BCUT2D eigenvalue weighted by molar-refractivity contribution is 0.0405. The summed E-state index contributed by atoms with van der Waals surface area (Å²) in [6.07, 6.45) is 18.1. The van der Waals surface area contributed by atoms with Crippen molar-refractivity contribution < 1.29 is 19.4 Å². The van der Waals surface area contributed by atoms with Gasteiger partial charge in [0.05, 0.1) is 18.3 Å². The van der Waals surface area contributed by atoms with Gasteiger partial charge in [-0.15, -0.1) is 13.2 Å². The normalized spacial score (nSPS) is 10.8. The molecule has 0 atom stereocenters. The number of benzene rings is 1. The summed E-state index contributed by atoms with van der Waals surface area (Å²) in [7, 11) is 0. The number of carboxylic acids is 1. The van der Waals surface area contributed by atoms with Gasteiger partial charge < -0.3 is 14.6 Å². The Labute approximate surface area is 183 Å². The van der Waals surface area contributed by atoms with Crippen LogP contribution >= 0.6 is 0 Å². The van der Waals surface area contributed by atoms with E-state index in [9.17, 15) is 4.79 Å². The second-order valence-corrected chi connectivity index (χ2v) is 7.73. The minimum atomic E-state index is -0.912. The Bertz CT molecular complexity index is 567. The van der Waals surface area contributed by atoms with Gasteiger partial charge in [0.15, 0.2) is 0 Å². The average molecular weight is 417 g/mol. The van der Waals surface area contributed by atoms with Gasteiger partial charge in [-0.2, -0.15) is 0 Å². The quantitative estimate of drug-likeness (QED) is 0.180. The maximum atomic E-state index is 10.8. The Hall–Kier alpha value is -2.07. The highest BCUT2D eigenvalue weighted by atomic mass is 16.5. The molecule has 1 aromatic carbocycles. The topological polar surface area (TPSA) is 55.8 Å². The average Bonchev–Trinajstić information content (AvgIpc) is 2.76. The van der Waals surface area contributed by atoms with Crippen molar-refractivity contribution in [3.05, 3.63) is 55.1 Å². The van der Waals surface area contributed by atoms with Gasteiger partial charge in [-0.25, -0.2) is 4.79 Å². The maximum absolute atomic E-state index is 10.8. The lowest BCUT2D eigenvalue weighted by Gasteiger charge is -2.16. The number of hydrogen-bond acceptors (Lipinski definition) is 3. The monoisotopic (exact) mass is 416 g/mol. The third-order valence-corrected chi connectivity index (χ3v) is 5.15. The van der Waals surface area contributed by atoms with Crippen LogP contribution in [0.3, 0.4) is 0 Å². The summed E-state index contributed by atoms with van der Waals surface area (Å²) < 4.78 is 11.7. The molecule has 0 aliphatic rings. The lowest BCUT2D eigenvalue weighted by Crippen LogP contribution is -2.13. The molecule has 168 valence electrons. The first-order chi connectivity index (χ1) is 14.7. The summed E-state index contributed by atoms with van der Waals surface area (Å²) in [4.78, 5) is 10.8. The van der Waals surface area contributed by atoms with E-state index in [4.69, 9.17) is 14.6 Å². The Morgan fingerprint density at radius 1 is 0.833 bits per heavy atom. The second kappa shape index (κ2) is 17.8. The van der Waals surface area contributed by atoms with Crippen molar-refractivity contribution in [2.45, 2.75) is 83.2 Å². The van der Waals surface area contributed by atoms with Crippen LogP contribution in [0.4, 0.5) is 0 Å². The summed E-state index contributed by atoms with van der Waals surface area (Å²) in [5.74, 6) is -0.177. The number of carbonyl (C=O) groups is 1. The van der Waals surface area contributed by atoms with E-state index < -0.39 is 5.97 Å². The van der Waals surface area contributed by atoms with Gasteiger partial charge in [0.2, 0.25) is 0 Å². The van der Waals surface area contributed by atoms with Gasteiger partial charge in [-0.05, 0) is 62.8 Å². The zero-order chi connectivity index (χ0) is 21.9. The van der Waals surface area contributed by atoms with Gasteiger partial charge in [0, 0.05) is 6.61 Å². The molecule has 0 unspecified atom stereocenters. The summed E-state index contributed by atoms with van der Waals surface area (Å²) in [6, 6.07) is 6.58. The summed E-state index contributed by atoms with van der Waals surface area (Å²) >= 11 is 0. The predicted octanol–water partition coefficient (Wildman–Crippen LogP) is 7.20. The molecule has 0 fully saturated rings. The minimum Gasteiger partial charge on any atom is -0.494 e. The minimum absolute atomic E-state index is 0.286. The van der Waals surface area contributed by atoms with Gasteiger partial charge in [0.1, 0.15) is 5.75 Å². The van der Waals surface area contributed by atoms with E-state index in [-0.39, 0.29) is 5.56 Å². The molecule has 0 spiro atoms. The summed E-state index contributed by atoms with van der Waals surface area (Å²) in [5.41, 5.74) is 0.286. The van der Waals surface area contributed by atoms with Crippen LogP contribution in [0.1, 0.15) is 87.4 Å². The van der Waals surface area contributed by atoms with Crippen molar-refractivity contribution in [3.63, 3.8) is 0 Å². The van der Waals surface area contributed by atoms with E-state index in [1.54, 1.807) is 24.3 Å². The third kappa shape index (κ3) is 13.2. The zero-order valence-corrected chi connectivity index (χ0v) is 18.5. The molecule has 30 heavy (non-hydrogen) atoms. The molecule has 0 radical (unpaired) electrons. The highest BCUT2D eigenvalue weighted by Crippen LogP contribution is 2.15. The smallest absolute Gasteiger partial charge is 0.335 e. The molecule has 0 saturated carbocycles. The number of carboxylic acid groups (broad SMARTS) is 1. The van der Waals surface area contributed by atoms with Crippen LogP contribution in [0.15, 0.2) is 49.6 Å². The number of ether oxygens (including phenoxy) is 2. The van der Waals surface area contributed by atoms with Crippen molar-refractivity contribution >= 4 is 5.97 Å². The number of aromatic carboxylic acids is 1. The van der Waals surface area contributed by atoms with Gasteiger partial charge >= 0.3 is 5.97 Å². The van der Waals surface area contributed by atoms with Crippen molar-refractivity contribution in [2.24, 2.45) is 0 Å². The molecular formula is C26H40O4. The fourth-order valence-electron chi connectivity index (χ4n) is 3.32. The number of rotatable bonds is 20. The molecule has 0 aliphatic carbocycles. The van der Waals surface area contributed by atoms with E-state index in [0.29, 0.717) is 12.7 Å². The van der Waals surface area contributed by atoms with Crippen molar-refractivity contribution in [2.75, 3.05) is 13.2 Å². The number of hydrogen-bond donors (Lipinski definition) is 1. The molecule has 0 aliphatic heterocycles. The molecule has 4 nitrogen and oxygen atoms in total. The summed E-state index contributed by atoms with van der Waals surface area (Å²) in [5, 5.41) is 8.88. The first-order valence-electron chi connectivity index (χ1n) is 11.5. The fourth-order valence-corrected chi connectivity index (χ4v) is 3.32. The molecule has 1 rings (SSSR count). The Morgan fingerprint density at radius 2 is 1.33 bits per heavy atom. The van der Waals surface area contributed by atoms with E-state index in [1.807, 2.05) is 12.2 Å². The lowest BCUT2D eigenvalue weighted by atomic mass is 10.1. The van der Waals surface area contributed by atoms with Crippen LogP contribution in [-0.2, 0) is 4.74 Å². The van der Waals surface area contributed by atoms with E-state index in [0.717, 1.165) is 50.9 Å². The second-order valence-electron chi connectivity index (χ2n) is 7.73. The largest absolute Gasteiger partial charge is 0.494 e. The fraction of sp³-hybridized carbons (Fsp3) is 0.577. The van der Waals surface area contributed by atoms with Crippen LogP contribution in [-0.4, -0.2) is 30.4 Å². The van der Waals surface area contributed by atoms with Crippen LogP contribution < -0.4 is 4.74 Å². The first-order valence-corrected chi connectivity index (χ1v) is 11.5. The molecule has 0 heterocycles. The molecule has 4 heteroatoms. The Balaban J connectivity index is 1.92. The molecular weight excluding hydrogens is 376 g/mol. The highest BCUT2D eigenvalue weighted by Gasteiger charge is 2.07. The van der Waals surface area contributed by atoms with Gasteiger partial charge in [-0.1, -0.05) is 50.7 Å². The van der Waals surface area contributed by atoms with Gasteiger partial charge in [0.25, 0.3) is 0 Å². The van der Waals surface area contributed by atoms with Crippen molar-refractivity contribution in [3.8, 4) is 5.75 Å². The van der Waals surface area contributed by atoms with Crippen molar-refractivity contribution in [1.29, 1.82) is 0 Å². The highest BCUT2D eigenvalue weighted by molar-refractivity contribution is 5.87. The van der Waals surface area contributed by atoms with Crippen molar-refractivity contribution in [1.82, 2.24) is 0 Å². The number of unbranched alkanes of at least 4 members (excludes halogenated alkanes) is 7. The van der Waals surface area contributed by atoms with Gasteiger partial charge in [-0.3, -0.25) is 0 Å². The standard InChI is InChI=1S/C26H40O4/c1-3-5-15-24(16-6-4-2)29-21-13-11-9-7-8-10-12-14-22-30-25-19-17-23(18-20-25)26(27)28/h3-4,17-20,24H,1-2,5-16,21-22H2,(H,27,28). The molecule has 1 N–H and O–H groups in total. The molecule has 0 amide bonds. The first kappa shape index (κ1) is 26.0. The Morgan fingerprint density at radius 3 is 1.83 bits per heavy atom. The maximum Gasteiger partial charge on any atom is 0.335 e. The predicted molar refractivity (Wildman–Crippen MR) is 124 cm³/mol. The van der Waals surface area contributed by atoms with E-state index in [1.165, 1.54) is 38.5 Å².